The Balaban J connectivity index is 1.78. The van der Waals surface area contributed by atoms with Gasteiger partial charge in [0.2, 0.25) is 5.76 Å². The molecule has 2 heterocycles. The van der Waals surface area contributed by atoms with Crippen molar-refractivity contribution in [3.8, 4) is 11.5 Å². The summed E-state index contributed by atoms with van der Waals surface area (Å²) in [5, 5.41) is 0.0864. The molecule has 7 heteroatoms. The fourth-order valence-electron chi connectivity index (χ4n) is 4.47. The quantitative estimate of drug-likeness (QED) is 0.355. The van der Waals surface area contributed by atoms with E-state index in [0.29, 0.717) is 36.0 Å². The van der Waals surface area contributed by atoms with E-state index < -0.39 is 23.2 Å². The van der Waals surface area contributed by atoms with E-state index in [1.807, 2.05) is 45.0 Å². The first-order valence-electron chi connectivity index (χ1n) is 11.5. The molecule has 0 saturated carbocycles. The van der Waals surface area contributed by atoms with Crippen LogP contribution in [-0.2, 0) is 0 Å². The summed E-state index contributed by atoms with van der Waals surface area (Å²) in [5.41, 5.74) is 2.17. The maximum atomic E-state index is 14.0. The number of benzene rings is 3. The van der Waals surface area contributed by atoms with Gasteiger partial charge in [-0.05, 0) is 68.8 Å². The summed E-state index contributed by atoms with van der Waals surface area (Å²) < 4.78 is 31.4. The lowest BCUT2D eigenvalue weighted by atomic mass is 9.97. The van der Waals surface area contributed by atoms with Gasteiger partial charge in [0.05, 0.1) is 30.2 Å². The zero-order valence-corrected chi connectivity index (χ0v) is 19.6. The summed E-state index contributed by atoms with van der Waals surface area (Å²) in [4.78, 5) is 28.9. The van der Waals surface area contributed by atoms with Crippen molar-refractivity contribution in [1.29, 1.82) is 0 Å². The molecule has 0 spiro atoms. The van der Waals surface area contributed by atoms with Crippen molar-refractivity contribution in [2.24, 2.45) is 0 Å². The molecule has 0 radical (unpaired) electrons. The number of nitrogens with zero attached hydrogens (tertiary/aromatic N) is 1. The normalized spacial score (nSPS) is 14.9. The number of rotatable bonds is 6. The van der Waals surface area contributed by atoms with Gasteiger partial charge in [0, 0.05) is 5.69 Å². The minimum atomic E-state index is -0.793. The Morgan fingerprint density at radius 3 is 2.34 bits per heavy atom. The maximum absolute atomic E-state index is 14.0. The van der Waals surface area contributed by atoms with Crippen LogP contribution < -0.4 is 19.8 Å². The van der Waals surface area contributed by atoms with Crippen molar-refractivity contribution >= 4 is 22.6 Å². The van der Waals surface area contributed by atoms with Crippen molar-refractivity contribution in [1.82, 2.24) is 0 Å². The van der Waals surface area contributed by atoms with Crippen LogP contribution in [0.25, 0.3) is 11.0 Å². The fraction of sp³-hybridized carbons (Fsp3) is 0.214. The molecule has 6 nitrogen and oxygen atoms in total. The predicted molar refractivity (Wildman–Crippen MR) is 131 cm³/mol. The van der Waals surface area contributed by atoms with Gasteiger partial charge in [-0.15, -0.1) is 0 Å². The molecule has 0 N–H and O–H groups in total. The fourth-order valence-corrected chi connectivity index (χ4v) is 4.47. The van der Waals surface area contributed by atoms with Crippen molar-refractivity contribution in [3.63, 3.8) is 0 Å². The van der Waals surface area contributed by atoms with Gasteiger partial charge < -0.3 is 13.9 Å². The maximum Gasteiger partial charge on any atom is 0.295 e. The summed E-state index contributed by atoms with van der Waals surface area (Å²) >= 11 is 0. The third kappa shape index (κ3) is 3.83. The number of ether oxygens (including phenoxy) is 2. The van der Waals surface area contributed by atoms with E-state index in [4.69, 9.17) is 13.9 Å². The van der Waals surface area contributed by atoms with Gasteiger partial charge in [-0.3, -0.25) is 14.5 Å². The van der Waals surface area contributed by atoms with Crippen molar-refractivity contribution < 1.29 is 23.1 Å². The molecule has 0 fully saturated rings. The lowest BCUT2D eigenvalue weighted by Crippen LogP contribution is -2.29. The molecule has 3 aromatic carbocycles. The Hall–Kier alpha value is -4.13. The van der Waals surface area contributed by atoms with Gasteiger partial charge in [-0.25, -0.2) is 4.39 Å². The number of fused-ring (bicyclic) bond motifs is 2. The molecule has 0 aliphatic carbocycles. The number of halogens is 1. The van der Waals surface area contributed by atoms with Crippen LogP contribution in [0.5, 0.6) is 11.5 Å². The average molecular weight is 474 g/mol. The minimum absolute atomic E-state index is 0.0495. The molecular formula is C28H24FNO5. The first-order valence-corrected chi connectivity index (χ1v) is 11.5. The van der Waals surface area contributed by atoms with Crippen LogP contribution >= 0.6 is 0 Å². The van der Waals surface area contributed by atoms with E-state index in [9.17, 15) is 14.0 Å². The molecule has 1 aromatic heterocycles. The standard InChI is InChI=1S/C28H24FNO5/c1-4-33-22-12-8-17(14-23(22)34-5-2)25-24-26(31)20-15-18(29)9-13-21(20)35-27(24)28(32)30(25)19-10-6-16(3)7-11-19/h6-15,25H,4-5H2,1-3H3. The molecule has 4 aromatic rings. The molecule has 5 rings (SSSR count). The Bertz CT molecular complexity index is 1490. The third-order valence-electron chi connectivity index (χ3n) is 6.03. The van der Waals surface area contributed by atoms with Crippen molar-refractivity contribution in [3.05, 3.63) is 99.2 Å². The second kappa shape index (κ2) is 8.91. The number of hydrogen-bond donors (Lipinski definition) is 0. The van der Waals surface area contributed by atoms with E-state index in [0.717, 1.165) is 11.6 Å². The van der Waals surface area contributed by atoms with Gasteiger partial charge in [-0.2, -0.15) is 0 Å². The van der Waals surface area contributed by atoms with Crippen LogP contribution in [0.15, 0.2) is 69.9 Å². The second-order valence-corrected chi connectivity index (χ2v) is 8.30. The Kier molecular flexibility index (Phi) is 5.76. The number of anilines is 1. The van der Waals surface area contributed by atoms with E-state index >= 15 is 0 Å². The van der Waals surface area contributed by atoms with E-state index in [1.54, 1.807) is 18.2 Å². The van der Waals surface area contributed by atoms with Gasteiger partial charge in [0.25, 0.3) is 5.91 Å². The van der Waals surface area contributed by atoms with Crippen molar-refractivity contribution in [2.45, 2.75) is 26.8 Å². The molecule has 35 heavy (non-hydrogen) atoms. The molecule has 1 aliphatic rings. The Morgan fingerprint density at radius 1 is 0.914 bits per heavy atom. The lowest BCUT2D eigenvalue weighted by Gasteiger charge is -2.26. The average Bonchev–Trinajstić information content (AvgIpc) is 3.14. The predicted octanol–water partition coefficient (Wildman–Crippen LogP) is 5.79. The largest absolute Gasteiger partial charge is 0.490 e. The SMILES string of the molecule is CCOc1ccc(C2c3c(oc4ccc(F)cc4c3=O)C(=O)N2c2ccc(C)cc2)cc1OCC. The van der Waals surface area contributed by atoms with E-state index in [1.165, 1.54) is 17.0 Å². The highest BCUT2D eigenvalue weighted by Crippen LogP contribution is 2.43. The van der Waals surface area contributed by atoms with E-state index in [-0.39, 0.29) is 22.3 Å². The zero-order valence-electron chi connectivity index (χ0n) is 19.6. The monoisotopic (exact) mass is 473 g/mol. The van der Waals surface area contributed by atoms with Crippen LogP contribution in [0.1, 0.15) is 47.1 Å². The Morgan fingerprint density at radius 2 is 1.63 bits per heavy atom. The molecule has 178 valence electrons. The van der Waals surface area contributed by atoms with Crippen molar-refractivity contribution in [2.75, 3.05) is 18.1 Å². The molecule has 0 saturated heterocycles. The van der Waals surface area contributed by atoms with Crippen LogP contribution in [0.2, 0.25) is 0 Å². The highest BCUT2D eigenvalue weighted by Gasteiger charge is 2.44. The van der Waals surface area contributed by atoms with Gasteiger partial charge in [0.15, 0.2) is 16.9 Å². The van der Waals surface area contributed by atoms with Crippen LogP contribution in [-0.4, -0.2) is 19.1 Å². The summed E-state index contributed by atoms with van der Waals surface area (Å²) in [7, 11) is 0. The molecule has 1 amide bonds. The highest BCUT2D eigenvalue weighted by atomic mass is 19.1. The minimum Gasteiger partial charge on any atom is -0.490 e. The summed E-state index contributed by atoms with van der Waals surface area (Å²) in [6.07, 6.45) is 0. The second-order valence-electron chi connectivity index (χ2n) is 8.30. The Labute approximate surface area is 201 Å². The summed E-state index contributed by atoms with van der Waals surface area (Å²) in [5.74, 6) is 0.0289. The molecular weight excluding hydrogens is 449 g/mol. The smallest absolute Gasteiger partial charge is 0.295 e. The lowest BCUT2D eigenvalue weighted by molar-refractivity contribution is 0.0971. The first-order chi connectivity index (χ1) is 16.9. The number of hydrogen-bond acceptors (Lipinski definition) is 5. The molecule has 0 bridgehead atoms. The molecule has 1 atom stereocenters. The molecule has 1 unspecified atom stereocenters. The van der Waals surface area contributed by atoms with Gasteiger partial charge in [0.1, 0.15) is 11.4 Å². The highest BCUT2D eigenvalue weighted by molar-refractivity contribution is 6.10. The van der Waals surface area contributed by atoms with Crippen LogP contribution in [0, 0.1) is 12.7 Å². The summed E-state index contributed by atoms with van der Waals surface area (Å²) in [6.45, 7) is 6.57. The third-order valence-corrected chi connectivity index (χ3v) is 6.03. The molecule has 1 aliphatic heterocycles. The number of carbonyl (C=O) groups is 1. The van der Waals surface area contributed by atoms with Gasteiger partial charge in [-0.1, -0.05) is 23.8 Å². The first kappa shape index (κ1) is 22.7. The van der Waals surface area contributed by atoms with Gasteiger partial charge >= 0.3 is 0 Å². The van der Waals surface area contributed by atoms with E-state index in [2.05, 4.69) is 0 Å². The number of amides is 1. The van der Waals surface area contributed by atoms with Crippen LogP contribution in [0.3, 0.4) is 0 Å². The topological polar surface area (TPSA) is 69.0 Å². The number of carbonyl (C=O) groups excluding carboxylic acids is 1. The summed E-state index contributed by atoms with van der Waals surface area (Å²) in [6, 6.07) is 15.7. The zero-order chi connectivity index (χ0) is 24.7. The van der Waals surface area contributed by atoms with Crippen LogP contribution in [0.4, 0.5) is 10.1 Å². The number of aryl methyl sites for hydroxylation is 1.